The monoisotopic (exact) mass is 256 g/mol. The molecule has 1 fully saturated rings. The zero-order valence-corrected chi connectivity index (χ0v) is 11.7. The van der Waals surface area contributed by atoms with Crippen molar-refractivity contribution >= 4 is 24.0 Å². The summed E-state index contributed by atoms with van der Waals surface area (Å²) in [7, 11) is 0. The van der Waals surface area contributed by atoms with Gasteiger partial charge in [0.05, 0.1) is 0 Å². The van der Waals surface area contributed by atoms with Gasteiger partial charge in [-0.25, -0.2) is 0 Å². The van der Waals surface area contributed by atoms with Crippen LogP contribution in [0.3, 0.4) is 0 Å². The minimum absolute atomic E-state index is 0.420. The lowest BCUT2D eigenvalue weighted by Crippen LogP contribution is -2.33. The van der Waals surface area contributed by atoms with Crippen molar-refractivity contribution in [2.24, 2.45) is 0 Å². The molecule has 1 aliphatic rings. The zero-order chi connectivity index (χ0) is 11.6. The minimum Gasteiger partial charge on any atom is -0.337 e. The Bertz CT molecular complexity index is 399. The molecule has 4 heteroatoms. The molecule has 16 heavy (non-hydrogen) atoms. The molecule has 0 amide bonds. The van der Waals surface area contributed by atoms with Gasteiger partial charge in [0.2, 0.25) is 0 Å². The molecule has 0 bridgehead atoms. The Kier molecular flexibility index (Phi) is 3.80. The Labute approximate surface area is 107 Å². The van der Waals surface area contributed by atoms with Crippen LogP contribution in [0.1, 0.15) is 37.8 Å². The molecule has 0 spiro atoms. The Morgan fingerprint density at radius 2 is 2.12 bits per heavy atom. The van der Waals surface area contributed by atoms with Gasteiger partial charge in [-0.2, -0.15) is 11.8 Å². The van der Waals surface area contributed by atoms with Crippen molar-refractivity contribution in [2.45, 2.75) is 50.3 Å². The van der Waals surface area contributed by atoms with Gasteiger partial charge in [0.25, 0.3) is 0 Å². The zero-order valence-electron chi connectivity index (χ0n) is 10.1. The SMILES string of the molecule is CSC1(Cn2c(C)c[nH]c2=S)CCCCC1. The van der Waals surface area contributed by atoms with Gasteiger partial charge in [-0.1, -0.05) is 19.3 Å². The first-order valence-electron chi connectivity index (χ1n) is 5.97. The summed E-state index contributed by atoms with van der Waals surface area (Å²) in [5.74, 6) is 0. The summed E-state index contributed by atoms with van der Waals surface area (Å²) in [5, 5.41) is 0. The maximum Gasteiger partial charge on any atom is 0.177 e. The lowest BCUT2D eigenvalue weighted by molar-refractivity contribution is 0.355. The molecule has 90 valence electrons. The number of thioether (sulfide) groups is 1. The highest BCUT2D eigenvalue weighted by atomic mass is 32.2. The predicted octanol–water partition coefficient (Wildman–Crippen LogP) is 3.92. The van der Waals surface area contributed by atoms with Gasteiger partial charge in [0.1, 0.15) is 0 Å². The third kappa shape index (κ3) is 2.38. The first-order chi connectivity index (χ1) is 7.67. The number of aryl methyl sites for hydroxylation is 1. The van der Waals surface area contributed by atoms with E-state index in [1.54, 1.807) is 0 Å². The fourth-order valence-corrected chi connectivity index (χ4v) is 3.81. The van der Waals surface area contributed by atoms with Crippen LogP contribution in [-0.4, -0.2) is 20.6 Å². The van der Waals surface area contributed by atoms with Crippen LogP contribution in [0.25, 0.3) is 0 Å². The van der Waals surface area contributed by atoms with E-state index in [2.05, 4.69) is 22.7 Å². The average Bonchev–Trinajstić information content (AvgIpc) is 2.62. The smallest absolute Gasteiger partial charge is 0.177 e. The summed E-state index contributed by atoms with van der Waals surface area (Å²) < 4.78 is 3.55. The van der Waals surface area contributed by atoms with Crippen molar-refractivity contribution in [3.8, 4) is 0 Å². The number of nitrogens with one attached hydrogen (secondary N) is 1. The third-order valence-corrected chi connectivity index (χ3v) is 5.46. The molecule has 0 saturated heterocycles. The summed E-state index contributed by atoms with van der Waals surface area (Å²) in [6, 6.07) is 0. The van der Waals surface area contributed by atoms with Gasteiger partial charge < -0.3 is 9.55 Å². The van der Waals surface area contributed by atoms with E-state index in [0.717, 1.165) is 11.3 Å². The number of aromatic amines is 1. The van der Waals surface area contributed by atoms with Gasteiger partial charge in [-0.3, -0.25) is 0 Å². The number of rotatable bonds is 3. The molecule has 1 aromatic heterocycles. The van der Waals surface area contributed by atoms with Crippen molar-refractivity contribution in [3.05, 3.63) is 16.7 Å². The van der Waals surface area contributed by atoms with E-state index in [0.29, 0.717) is 4.75 Å². The van der Waals surface area contributed by atoms with Gasteiger partial charge in [-0.15, -0.1) is 0 Å². The van der Waals surface area contributed by atoms with E-state index in [4.69, 9.17) is 12.2 Å². The lowest BCUT2D eigenvalue weighted by Gasteiger charge is -2.36. The Hall–Kier alpha value is -0.220. The number of hydrogen-bond acceptors (Lipinski definition) is 2. The quantitative estimate of drug-likeness (QED) is 0.827. The van der Waals surface area contributed by atoms with Crippen LogP contribution in [0.2, 0.25) is 0 Å². The highest BCUT2D eigenvalue weighted by Gasteiger charge is 2.31. The molecular weight excluding hydrogens is 236 g/mol. The summed E-state index contributed by atoms with van der Waals surface area (Å²) >= 11 is 7.36. The summed E-state index contributed by atoms with van der Waals surface area (Å²) in [4.78, 5) is 3.14. The third-order valence-electron chi connectivity index (χ3n) is 3.72. The molecule has 2 nitrogen and oxygen atoms in total. The number of imidazole rings is 1. The van der Waals surface area contributed by atoms with Gasteiger partial charge in [0, 0.05) is 23.2 Å². The highest BCUT2D eigenvalue weighted by molar-refractivity contribution is 8.00. The van der Waals surface area contributed by atoms with Crippen molar-refractivity contribution in [1.82, 2.24) is 9.55 Å². The second-order valence-corrected chi connectivity index (χ2v) is 6.43. The molecule has 0 aliphatic heterocycles. The molecule has 1 saturated carbocycles. The standard InChI is InChI=1S/C12H20N2S2/c1-10-8-13-11(15)14(10)9-12(16-2)6-4-3-5-7-12/h8H,3-7,9H2,1-2H3,(H,13,15). The Balaban J connectivity index is 2.21. The minimum atomic E-state index is 0.420. The normalized spacial score (nSPS) is 19.9. The topological polar surface area (TPSA) is 20.7 Å². The summed E-state index contributed by atoms with van der Waals surface area (Å²) in [6.07, 6.45) is 11.1. The van der Waals surface area contributed by atoms with Crippen LogP contribution in [-0.2, 0) is 6.54 Å². The highest BCUT2D eigenvalue weighted by Crippen LogP contribution is 2.40. The fourth-order valence-electron chi connectivity index (χ4n) is 2.59. The van der Waals surface area contributed by atoms with E-state index in [9.17, 15) is 0 Å². The predicted molar refractivity (Wildman–Crippen MR) is 73.7 cm³/mol. The first kappa shape index (κ1) is 12.2. The first-order valence-corrected chi connectivity index (χ1v) is 7.60. The molecular formula is C12H20N2S2. The van der Waals surface area contributed by atoms with Crippen LogP contribution >= 0.6 is 24.0 Å². The summed E-state index contributed by atoms with van der Waals surface area (Å²) in [6.45, 7) is 3.20. The Morgan fingerprint density at radius 3 is 2.62 bits per heavy atom. The van der Waals surface area contributed by atoms with Crippen LogP contribution in [0, 0.1) is 11.7 Å². The van der Waals surface area contributed by atoms with Gasteiger partial charge >= 0.3 is 0 Å². The van der Waals surface area contributed by atoms with Crippen LogP contribution in [0.5, 0.6) is 0 Å². The van der Waals surface area contributed by atoms with Crippen LogP contribution in [0.15, 0.2) is 6.20 Å². The number of hydrogen-bond donors (Lipinski definition) is 1. The number of H-pyrrole nitrogens is 1. The number of aromatic nitrogens is 2. The number of nitrogens with zero attached hydrogens (tertiary/aromatic N) is 1. The fraction of sp³-hybridized carbons (Fsp3) is 0.750. The van der Waals surface area contributed by atoms with E-state index in [1.165, 1.54) is 37.8 Å². The molecule has 1 heterocycles. The van der Waals surface area contributed by atoms with Crippen molar-refractivity contribution in [3.63, 3.8) is 0 Å². The van der Waals surface area contributed by atoms with Crippen LogP contribution in [0.4, 0.5) is 0 Å². The van der Waals surface area contributed by atoms with Crippen molar-refractivity contribution < 1.29 is 0 Å². The van der Waals surface area contributed by atoms with Crippen LogP contribution < -0.4 is 0 Å². The van der Waals surface area contributed by atoms with E-state index < -0.39 is 0 Å². The van der Waals surface area contributed by atoms with Crippen molar-refractivity contribution in [1.29, 1.82) is 0 Å². The van der Waals surface area contributed by atoms with E-state index in [1.807, 2.05) is 18.0 Å². The second-order valence-electron chi connectivity index (χ2n) is 4.77. The molecule has 0 radical (unpaired) electrons. The van der Waals surface area contributed by atoms with Crippen molar-refractivity contribution in [2.75, 3.05) is 6.26 Å². The molecule has 2 rings (SSSR count). The largest absolute Gasteiger partial charge is 0.337 e. The van der Waals surface area contributed by atoms with Gasteiger partial charge in [-0.05, 0) is 38.2 Å². The lowest BCUT2D eigenvalue weighted by atomic mass is 9.88. The molecule has 0 atom stereocenters. The second kappa shape index (κ2) is 4.96. The maximum absolute atomic E-state index is 5.34. The molecule has 0 aromatic carbocycles. The Morgan fingerprint density at radius 1 is 1.44 bits per heavy atom. The maximum atomic E-state index is 5.34. The molecule has 1 N–H and O–H groups in total. The average molecular weight is 256 g/mol. The van der Waals surface area contributed by atoms with E-state index >= 15 is 0 Å². The molecule has 1 aliphatic carbocycles. The van der Waals surface area contributed by atoms with E-state index in [-0.39, 0.29) is 0 Å². The summed E-state index contributed by atoms with van der Waals surface area (Å²) in [5.41, 5.74) is 1.25. The molecule has 1 aromatic rings. The van der Waals surface area contributed by atoms with Gasteiger partial charge in [0.15, 0.2) is 4.77 Å². The molecule has 0 unspecified atom stereocenters.